The minimum absolute atomic E-state index is 0.594. The fourth-order valence-electron chi connectivity index (χ4n) is 3.12. The van der Waals surface area contributed by atoms with E-state index in [9.17, 15) is 5.11 Å². The first-order chi connectivity index (χ1) is 8.79. The van der Waals surface area contributed by atoms with Gasteiger partial charge >= 0.3 is 0 Å². The molecule has 18 heavy (non-hydrogen) atoms. The van der Waals surface area contributed by atoms with Gasteiger partial charge in [0.25, 0.3) is 0 Å². The average molecular weight is 244 g/mol. The summed E-state index contributed by atoms with van der Waals surface area (Å²) < 4.78 is 0. The van der Waals surface area contributed by atoms with Crippen LogP contribution in [-0.4, -0.2) is 5.11 Å². The largest absolute Gasteiger partial charge is 0.513 e. The van der Waals surface area contributed by atoms with Gasteiger partial charge < -0.3 is 5.11 Å². The molecule has 98 valence electrons. The fourth-order valence-corrected chi connectivity index (χ4v) is 3.12. The Labute approximate surface area is 111 Å². The Bertz CT molecular complexity index is 380. The Morgan fingerprint density at radius 1 is 1.28 bits per heavy atom. The molecule has 2 rings (SSSR count). The van der Waals surface area contributed by atoms with Gasteiger partial charge in [0, 0.05) is 6.42 Å². The Hall–Kier alpha value is -1.24. The SMILES string of the molecule is CC/C=C(/O)CC1CCCC(c2ccccc2)C1. The van der Waals surface area contributed by atoms with E-state index in [1.54, 1.807) is 0 Å². The normalized spacial score (nSPS) is 25.1. The Kier molecular flexibility index (Phi) is 4.86. The molecule has 1 aromatic rings. The molecule has 1 saturated carbocycles. The van der Waals surface area contributed by atoms with Crippen molar-refractivity contribution in [1.29, 1.82) is 0 Å². The molecule has 0 radical (unpaired) electrons. The van der Waals surface area contributed by atoms with Crippen LogP contribution in [0, 0.1) is 5.92 Å². The standard InChI is InChI=1S/C17H24O/c1-2-7-17(18)13-14-8-6-11-16(12-14)15-9-4-3-5-10-15/h3-5,7,9-10,14,16,18H,2,6,8,11-13H2,1H3/b17-7+. The highest BCUT2D eigenvalue weighted by atomic mass is 16.3. The summed E-state index contributed by atoms with van der Waals surface area (Å²) in [6.45, 7) is 2.07. The van der Waals surface area contributed by atoms with E-state index >= 15 is 0 Å². The topological polar surface area (TPSA) is 20.2 Å². The first-order valence-electron chi connectivity index (χ1n) is 7.22. The van der Waals surface area contributed by atoms with Crippen molar-refractivity contribution in [3.8, 4) is 0 Å². The van der Waals surface area contributed by atoms with Crippen LogP contribution in [0.15, 0.2) is 42.2 Å². The van der Waals surface area contributed by atoms with E-state index in [2.05, 4.69) is 37.3 Å². The van der Waals surface area contributed by atoms with Crippen molar-refractivity contribution in [2.24, 2.45) is 5.92 Å². The first-order valence-corrected chi connectivity index (χ1v) is 7.22. The molecule has 0 spiro atoms. The van der Waals surface area contributed by atoms with E-state index in [0.29, 0.717) is 17.6 Å². The van der Waals surface area contributed by atoms with E-state index in [1.165, 1.54) is 31.2 Å². The molecular formula is C17H24O. The lowest BCUT2D eigenvalue weighted by Crippen LogP contribution is -2.15. The Morgan fingerprint density at radius 2 is 2.06 bits per heavy atom. The number of allylic oxidation sites excluding steroid dienone is 2. The Morgan fingerprint density at radius 3 is 2.78 bits per heavy atom. The van der Waals surface area contributed by atoms with Crippen molar-refractivity contribution in [2.45, 2.75) is 51.4 Å². The number of aliphatic hydroxyl groups is 1. The number of hydrogen-bond acceptors (Lipinski definition) is 1. The van der Waals surface area contributed by atoms with Crippen LogP contribution in [0.2, 0.25) is 0 Å². The zero-order valence-corrected chi connectivity index (χ0v) is 11.3. The second kappa shape index (κ2) is 6.63. The maximum absolute atomic E-state index is 9.82. The summed E-state index contributed by atoms with van der Waals surface area (Å²) in [6, 6.07) is 10.8. The molecule has 1 aromatic carbocycles. The number of hydrogen-bond donors (Lipinski definition) is 1. The van der Waals surface area contributed by atoms with Gasteiger partial charge in [-0.15, -0.1) is 0 Å². The molecule has 0 aromatic heterocycles. The van der Waals surface area contributed by atoms with Gasteiger partial charge in [0.2, 0.25) is 0 Å². The molecule has 1 aliphatic rings. The van der Waals surface area contributed by atoms with E-state index in [1.807, 2.05) is 6.08 Å². The molecule has 0 bridgehead atoms. The second-order valence-corrected chi connectivity index (χ2v) is 5.45. The smallest absolute Gasteiger partial charge is 0.0885 e. The summed E-state index contributed by atoms with van der Waals surface area (Å²) in [6.07, 6.45) is 8.85. The van der Waals surface area contributed by atoms with Gasteiger partial charge in [-0.1, -0.05) is 43.7 Å². The predicted octanol–water partition coefficient (Wildman–Crippen LogP) is 5.20. The predicted molar refractivity (Wildman–Crippen MR) is 76.8 cm³/mol. The highest BCUT2D eigenvalue weighted by molar-refractivity contribution is 5.20. The van der Waals surface area contributed by atoms with Gasteiger partial charge in [0.05, 0.1) is 5.76 Å². The van der Waals surface area contributed by atoms with Crippen LogP contribution in [0.3, 0.4) is 0 Å². The third-order valence-electron chi connectivity index (χ3n) is 3.99. The maximum atomic E-state index is 9.82. The molecule has 1 aliphatic carbocycles. The average Bonchev–Trinajstić information content (AvgIpc) is 2.40. The first kappa shape index (κ1) is 13.2. The minimum Gasteiger partial charge on any atom is -0.513 e. The number of rotatable bonds is 4. The number of benzene rings is 1. The van der Waals surface area contributed by atoms with Gasteiger partial charge in [-0.25, -0.2) is 0 Å². The van der Waals surface area contributed by atoms with Crippen LogP contribution in [0.5, 0.6) is 0 Å². The quantitative estimate of drug-likeness (QED) is 0.721. The highest BCUT2D eigenvalue weighted by Gasteiger charge is 2.23. The summed E-state index contributed by atoms with van der Waals surface area (Å²) >= 11 is 0. The van der Waals surface area contributed by atoms with E-state index < -0.39 is 0 Å². The zero-order chi connectivity index (χ0) is 12.8. The molecule has 0 heterocycles. The highest BCUT2D eigenvalue weighted by Crippen LogP contribution is 2.38. The molecule has 0 saturated heterocycles. The molecule has 2 atom stereocenters. The van der Waals surface area contributed by atoms with Crippen molar-refractivity contribution < 1.29 is 5.11 Å². The Balaban J connectivity index is 1.95. The summed E-state index contributed by atoms with van der Waals surface area (Å²) in [5.74, 6) is 1.95. The lowest BCUT2D eigenvalue weighted by atomic mass is 9.76. The number of aliphatic hydroxyl groups excluding tert-OH is 1. The maximum Gasteiger partial charge on any atom is 0.0885 e. The summed E-state index contributed by atoms with van der Waals surface area (Å²) in [4.78, 5) is 0. The van der Waals surface area contributed by atoms with Crippen molar-refractivity contribution in [2.75, 3.05) is 0 Å². The zero-order valence-electron chi connectivity index (χ0n) is 11.3. The van der Waals surface area contributed by atoms with Crippen molar-refractivity contribution in [1.82, 2.24) is 0 Å². The van der Waals surface area contributed by atoms with Crippen LogP contribution < -0.4 is 0 Å². The lowest BCUT2D eigenvalue weighted by molar-refractivity contribution is 0.276. The van der Waals surface area contributed by atoms with Crippen molar-refractivity contribution in [3.63, 3.8) is 0 Å². The van der Waals surface area contributed by atoms with Gasteiger partial charge in [-0.3, -0.25) is 0 Å². The van der Waals surface area contributed by atoms with Gasteiger partial charge in [0.15, 0.2) is 0 Å². The molecule has 1 N–H and O–H groups in total. The van der Waals surface area contributed by atoms with Crippen LogP contribution >= 0.6 is 0 Å². The van der Waals surface area contributed by atoms with Gasteiger partial charge in [-0.05, 0) is 49.2 Å². The van der Waals surface area contributed by atoms with Gasteiger partial charge in [-0.2, -0.15) is 0 Å². The third kappa shape index (κ3) is 3.63. The van der Waals surface area contributed by atoms with Crippen LogP contribution in [0.25, 0.3) is 0 Å². The molecule has 2 unspecified atom stereocenters. The molecule has 1 nitrogen and oxygen atoms in total. The van der Waals surface area contributed by atoms with Crippen LogP contribution in [0.4, 0.5) is 0 Å². The molecule has 1 fully saturated rings. The van der Waals surface area contributed by atoms with E-state index in [4.69, 9.17) is 0 Å². The monoisotopic (exact) mass is 244 g/mol. The van der Waals surface area contributed by atoms with Crippen molar-refractivity contribution >= 4 is 0 Å². The van der Waals surface area contributed by atoms with E-state index in [-0.39, 0.29) is 0 Å². The minimum atomic E-state index is 0.594. The van der Waals surface area contributed by atoms with Crippen LogP contribution in [-0.2, 0) is 0 Å². The van der Waals surface area contributed by atoms with Gasteiger partial charge in [0.1, 0.15) is 0 Å². The molecule has 1 heteroatoms. The van der Waals surface area contributed by atoms with Crippen molar-refractivity contribution in [3.05, 3.63) is 47.7 Å². The molecular weight excluding hydrogens is 220 g/mol. The fraction of sp³-hybridized carbons (Fsp3) is 0.529. The lowest BCUT2D eigenvalue weighted by Gasteiger charge is -2.29. The molecule has 0 amide bonds. The van der Waals surface area contributed by atoms with E-state index in [0.717, 1.165) is 12.8 Å². The third-order valence-corrected chi connectivity index (χ3v) is 3.99. The second-order valence-electron chi connectivity index (χ2n) is 5.45. The van der Waals surface area contributed by atoms with Crippen LogP contribution in [0.1, 0.15) is 56.9 Å². The summed E-state index contributed by atoms with van der Waals surface area (Å²) in [7, 11) is 0. The summed E-state index contributed by atoms with van der Waals surface area (Å²) in [5, 5.41) is 9.82. The summed E-state index contributed by atoms with van der Waals surface area (Å²) in [5.41, 5.74) is 1.47. The molecule has 0 aliphatic heterocycles.